The highest BCUT2D eigenvalue weighted by Crippen LogP contribution is 2.54. The van der Waals surface area contributed by atoms with Crippen molar-refractivity contribution >= 4 is 11.6 Å². The fraction of sp³-hybridized carbons (Fsp3) is 0.650. The predicted molar refractivity (Wildman–Crippen MR) is 93.9 cm³/mol. The van der Waals surface area contributed by atoms with Crippen LogP contribution >= 0.6 is 0 Å². The summed E-state index contributed by atoms with van der Waals surface area (Å²) in [4.78, 5) is 12.5. The first kappa shape index (κ1) is 15.9. The van der Waals surface area contributed by atoms with Gasteiger partial charge in [0.1, 0.15) is 5.75 Å². The molecule has 0 unspecified atom stereocenters. The van der Waals surface area contributed by atoms with E-state index in [1.165, 1.54) is 38.5 Å². The maximum absolute atomic E-state index is 12.5. The third-order valence-corrected chi connectivity index (χ3v) is 6.27. The molecule has 4 aliphatic carbocycles. The Balaban J connectivity index is 1.36. The molecule has 0 radical (unpaired) electrons. The number of hydrogen-bond donors (Lipinski definition) is 2. The van der Waals surface area contributed by atoms with E-state index in [1.54, 1.807) is 0 Å². The zero-order valence-corrected chi connectivity index (χ0v) is 14.6. The van der Waals surface area contributed by atoms with E-state index in [9.17, 15) is 4.79 Å². The highest BCUT2D eigenvalue weighted by Gasteiger charge is 2.53. The molecule has 0 atom stereocenters. The number of amides is 1. The van der Waals surface area contributed by atoms with Crippen molar-refractivity contribution in [1.82, 2.24) is 0 Å². The number of ether oxygens (including phenoxy) is 1. The molecule has 0 heterocycles. The Morgan fingerprint density at radius 3 is 2.42 bits per heavy atom. The molecule has 0 aliphatic heterocycles. The summed E-state index contributed by atoms with van der Waals surface area (Å²) in [6.07, 6.45) is 8.30. The van der Waals surface area contributed by atoms with Gasteiger partial charge >= 0.3 is 0 Å². The molecular formula is C20H29N2O2+. The molecule has 4 nitrogen and oxygen atoms in total. The number of carbonyl (C=O) groups excluding carboxylic acids is 1. The number of carbonyl (C=O) groups is 1. The lowest BCUT2D eigenvalue weighted by molar-refractivity contribution is -0.729. The first-order valence-corrected chi connectivity index (χ1v) is 9.52. The van der Waals surface area contributed by atoms with Gasteiger partial charge in [-0.25, -0.2) is 0 Å². The first-order valence-electron chi connectivity index (χ1n) is 9.52. The minimum atomic E-state index is 0.0814. The molecule has 0 saturated heterocycles. The molecule has 1 amide bonds. The average Bonchev–Trinajstić information content (AvgIpc) is 2.54. The highest BCUT2D eigenvalue weighted by molar-refractivity contribution is 5.92. The zero-order valence-electron chi connectivity index (χ0n) is 14.6. The van der Waals surface area contributed by atoms with Crippen molar-refractivity contribution in [3.05, 3.63) is 24.3 Å². The first-order chi connectivity index (χ1) is 11.7. The second-order valence-corrected chi connectivity index (χ2v) is 8.17. The Morgan fingerprint density at radius 2 is 1.79 bits per heavy atom. The van der Waals surface area contributed by atoms with Gasteiger partial charge in [0.15, 0.2) is 6.54 Å². The summed E-state index contributed by atoms with van der Waals surface area (Å²) in [6, 6.07) is 7.68. The largest absolute Gasteiger partial charge is 0.492 e. The summed E-state index contributed by atoms with van der Waals surface area (Å²) in [5.74, 6) is 3.61. The number of benzene rings is 1. The SMILES string of the molecule is CCOc1ccccc1NC(=O)C[NH2+]C12CC3CC(CC(C3)C1)C2. The van der Waals surface area contributed by atoms with Crippen molar-refractivity contribution in [2.45, 2.75) is 51.0 Å². The average molecular weight is 329 g/mol. The molecule has 1 aromatic rings. The van der Waals surface area contributed by atoms with Gasteiger partial charge in [-0.1, -0.05) is 12.1 Å². The molecule has 4 fully saturated rings. The van der Waals surface area contributed by atoms with E-state index in [4.69, 9.17) is 4.74 Å². The number of quaternary nitrogens is 1. The van der Waals surface area contributed by atoms with E-state index in [1.807, 2.05) is 31.2 Å². The summed E-state index contributed by atoms with van der Waals surface area (Å²) in [7, 11) is 0. The third-order valence-electron chi connectivity index (χ3n) is 6.27. The van der Waals surface area contributed by atoms with E-state index in [0.29, 0.717) is 18.7 Å². The lowest BCUT2D eigenvalue weighted by Crippen LogP contribution is -3.00. The zero-order chi connectivity index (χ0) is 16.6. The van der Waals surface area contributed by atoms with Gasteiger partial charge in [-0.15, -0.1) is 0 Å². The van der Waals surface area contributed by atoms with Crippen LogP contribution in [0.1, 0.15) is 45.4 Å². The van der Waals surface area contributed by atoms with Crippen LogP contribution in [0, 0.1) is 17.8 Å². The number of para-hydroxylation sites is 2. The molecule has 4 aliphatic rings. The molecule has 1 aromatic carbocycles. The standard InChI is InChI=1S/C20H28N2O2/c1-2-24-18-6-4-3-5-17(18)22-19(23)13-21-20-10-14-7-15(11-20)9-16(8-14)12-20/h3-6,14-16,21H,2,7-13H2,1H3,(H,22,23)/p+1. The Bertz CT molecular complexity index is 578. The van der Waals surface area contributed by atoms with E-state index in [2.05, 4.69) is 10.6 Å². The number of hydrogen-bond acceptors (Lipinski definition) is 2. The van der Waals surface area contributed by atoms with Crippen LogP contribution in [0.2, 0.25) is 0 Å². The Hall–Kier alpha value is -1.55. The second kappa shape index (κ2) is 6.40. The number of nitrogens with one attached hydrogen (secondary N) is 1. The molecule has 5 rings (SSSR count). The van der Waals surface area contributed by atoms with Crippen LogP contribution in [0.15, 0.2) is 24.3 Å². The van der Waals surface area contributed by atoms with Gasteiger partial charge < -0.3 is 15.4 Å². The molecule has 24 heavy (non-hydrogen) atoms. The Labute approximate surface area is 144 Å². The van der Waals surface area contributed by atoms with Gasteiger partial charge in [0.05, 0.1) is 17.8 Å². The van der Waals surface area contributed by atoms with Crippen LogP contribution in [0.25, 0.3) is 0 Å². The van der Waals surface area contributed by atoms with Crippen LogP contribution in [-0.2, 0) is 4.79 Å². The molecule has 0 aromatic heterocycles. The van der Waals surface area contributed by atoms with Gasteiger partial charge in [-0.2, -0.15) is 0 Å². The van der Waals surface area contributed by atoms with Gasteiger partial charge in [-0.05, 0) is 56.1 Å². The lowest BCUT2D eigenvalue weighted by atomic mass is 9.53. The van der Waals surface area contributed by atoms with Crippen molar-refractivity contribution in [3.8, 4) is 5.75 Å². The van der Waals surface area contributed by atoms with Crippen molar-refractivity contribution < 1.29 is 14.8 Å². The van der Waals surface area contributed by atoms with Crippen molar-refractivity contribution in [1.29, 1.82) is 0 Å². The van der Waals surface area contributed by atoms with Crippen LogP contribution in [0.4, 0.5) is 5.69 Å². The van der Waals surface area contributed by atoms with Crippen LogP contribution in [-0.4, -0.2) is 24.6 Å². The van der Waals surface area contributed by atoms with Gasteiger partial charge in [0, 0.05) is 19.3 Å². The summed E-state index contributed by atoms with van der Waals surface area (Å²) in [5, 5.41) is 5.39. The molecule has 3 N–H and O–H groups in total. The fourth-order valence-corrected chi connectivity index (χ4v) is 5.79. The van der Waals surface area contributed by atoms with E-state index >= 15 is 0 Å². The molecule has 4 heteroatoms. The minimum Gasteiger partial charge on any atom is -0.492 e. The van der Waals surface area contributed by atoms with Gasteiger partial charge in [0.25, 0.3) is 5.91 Å². The maximum atomic E-state index is 12.5. The van der Waals surface area contributed by atoms with Crippen LogP contribution in [0.5, 0.6) is 5.75 Å². The molecule has 4 saturated carbocycles. The van der Waals surface area contributed by atoms with Crippen molar-refractivity contribution in [2.24, 2.45) is 17.8 Å². The number of rotatable bonds is 6. The summed E-state index contributed by atoms with van der Waals surface area (Å²) in [5.41, 5.74) is 1.13. The summed E-state index contributed by atoms with van der Waals surface area (Å²) < 4.78 is 5.59. The normalized spacial score (nSPS) is 33.5. The maximum Gasteiger partial charge on any atom is 0.279 e. The van der Waals surface area contributed by atoms with Crippen molar-refractivity contribution in [2.75, 3.05) is 18.5 Å². The van der Waals surface area contributed by atoms with Gasteiger partial charge in [-0.3, -0.25) is 4.79 Å². The fourth-order valence-electron chi connectivity index (χ4n) is 5.79. The monoisotopic (exact) mass is 329 g/mol. The lowest BCUT2D eigenvalue weighted by Gasteiger charge is -2.54. The summed E-state index contributed by atoms with van der Waals surface area (Å²) >= 11 is 0. The highest BCUT2D eigenvalue weighted by atomic mass is 16.5. The Morgan fingerprint density at radius 1 is 1.17 bits per heavy atom. The third kappa shape index (κ3) is 3.16. The van der Waals surface area contributed by atoms with Crippen LogP contribution in [0.3, 0.4) is 0 Å². The van der Waals surface area contributed by atoms with Crippen LogP contribution < -0.4 is 15.4 Å². The minimum absolute atomic E-state index is 0.0814. The van der Waals surface area contributed by atoms with E-state index in [-0.39, 0.29) is 5.91 Å². The quantitative estimate of drug-likeness (QED) is 0.843. The van der Waals surface area contributed by atoms with E-state index in [0.717, 1.165) is 29.2 Å². The molecule has 130 valence electrons. The number of nitrogens with two attached hydrogens (primary N) is 1. The second-order valence-electron chi connectivity index (χ2n) is 8.17. The topological polar surface area (TPSA) is 54.9 Å². The molecule has 0 spiro atoms. The smallest absolute Gasteiger partial charge is 0.279 e. The number of anilines is 1. The van der Waals surface area contributed by atoms with Gasteiger partial charge in [0.2, 0.25) is 0 Å². The Kier molecular flexibility index (Phi) is 4.25. The molecular weight excluding hydrogens is 300 g/mol. The summed E-state index contributed by atoms with van der Waals surface area (Å²) in [6.45, 7) is 3.08. The molecule has 4 bridgehead atoms. The predicted octanol–water partition coefficient (Wildman–Crippen LogP) is 2.56. The van der Waals surface area contributed by atoms with Crippen molar-refractivity contribution in [3.63, 3.8) is 0 Å². The van der Waals surface area contributed by atoms with E-state index < -0.39 is 0 Å².